The number of carbonyl (C=O) groups is 1. The van der Waals surface area contributed by atoms with Crippen LogP contribution >= 0.6 is 11.3 Å². The van der Waals surface area contributed by atoms with Gasteiger partial charge in [0.25, 0.3) is 0 Å². The molecule has 0 bridgehead atoms. The third-order valence-electron chi connectivity index (χ3n) is 3.54. The minimum absolute atomic E-state index is 0.0496. The lowest BCUT2D eigenvalue weighted by Crippen LogP contribution is -2.32. The zero-order chi connectivity index (χ0) is 15.4. The molecule has 1 aliphatic rings. The van der Waals surface area contributed by atoms with Crippen molar-refractivity contribution in [2.45, 2.75) is 25.4 Å². The fraction of sp³-hybridized carbons (Fsp3) is 0.375. The zero-order valence-electron chi connectivity index (χ0n) is 12.0. The third-order valence-corrected chi connectivity index (χ3v) is 4.48. The van der Waals surface area contributed by atoms with Gasteiger partial charge in [-0.05, 0) is 37.1 Å². The molecule has 1 aromatic carbocycles. The highest BCUT2D eigenvalue weighted by molar-refractivity contribution is 7.13. The molecule has 1 aliphatic heterocycles. The van der Waals surface area contributed by atoms with E-state index in [1.165, 1.54) is 23.5 Å². The second-order valence-electron chi connectivity index (χ2n) is 5.27. The van der Waals surface area contributed by atoms with E-state index >= 15 is 0 Å². The monoisotopic (exact) mass is 320 g/mol. The number of benzene rings is 1. The molecule has 116 valence electrons. The Morgan fingerprint density at radius 1 is 1.41 bits per heavy atom. The molecular weight excluding hydrogens is 303 g/mol. The Labute approximate surface area is 132 Å². The van der Waals surface area contributed by atoms with Crippen molar-refractivity contribution in [3.05, 3.63) is 41.2 Å². The summed E-state index contributed by atoms with van der Waals surface area (Å²) >= 11 is 1.46. The average Bonchev–Trinajstić information content (AvgIpc) is 3.17. The summed E-state index contributed by atoms with van der Waals surface area (Å²) in [6.45, 7) is 1.35. The molecule has 1 aromatic heterocycles. The number of thiazole rings is 1. The Balaban J connectivity index is 1.54. The fourth-order valence-corrected chi connectivity index (χ4v) is 3.20. The van der Waals surface area contributed by atoms with Crippen molar-refractivity contribution in [2.75, 3.05) is 13.2 Å². The molecule has 4 nitrogen and oxygen atoms in total. The minimum atomic E-state index is -0.269. The lowest BCUT2D eigenvalue weighted by atomic mass is 10.2. The van der Waals surface area contributed by atoms with Crippen LogP contribution in [-0.2, 0) is 16.0 Å². The third kappa shape index (κ3) is 3.90. The summed E-state index contributed by atoms with van der Waals surface area (Å²) in [5.74, 6) is -0.319. The van der Waals surface area contributed by atoms with E-state index < -0.39 is 0 Å². The molecule has 1 saturated heterocycles. The van der Waals surface area contributed by atoms with Crippen LogP contribution < -0.4 is 5.32 Å². The van der Waals surface area contributed by atoms with Crippen molar-refractivity contribution in [2.24, 2.45) is 0 Å². The van der Waals surface area contributed by atoms with Crippen LogP contribution in [0, 0.1) is 5.82 Å². The Hall–Kier alpha value is -1.79. The molecule has 1 fully saturated rings. The Bertz CT molecular complexity index is 636. The largest absolute Gasteiger partial charge is 0.376 e. The van der Waals surface area contributed by atoms with E-state index in [2.05, 4.69) is 10.3 Å². The number of hydrogen-bond acceptors (Lipinski definition) is 4. The lowest BCUT2D eigenvalue weighted by molar-refractivity contribution is -0.121. The van der Waals surface area contributed by atoms with Crippen LogP contribution in [0.25, 0.3) is 10.6 Å². The predicted octanol–water partition coefficient (Wildman–Crippen LogP) is 2.79. The SMILES string of the molecule is O=C(Cc1csc(-c2ccc(F)cc2)n1)NCC1CCCO1. The van der Waals surface area contributed by atoms with Crippen LogP contribution in [-0.4, -0.2) is 30.1 Å². The van der Waals surface area contributed by atoms with E-state index in [0.717, 1.165) is 35.7 Å². The summed E-state index contributed by atoms with van der Waals surface area (Å²) in [6, 6.07) is 6.19. The molecule has 1 atom stereocenters. The minimum Gasteiger partial charge on any atom is -0.376 e. The highest BCUT2D eigenvalue weighted by Crippen LogP contribution is 2.24. The molecular formula is C16H17FN2O2S. The molecule has 0 aliphatic carbocycles. The number of ether oxygens (including phenoxy) is 1. The maximum Gasteiger partial charge on any atom is 0.226 e. The number of nitrogens with zero attached hydrogens (tertiary/aromatic N) is 1. The second-order valence-corrected chi connectivity index (χ2v) is 6.12. The van der Waals surface area contributed by atoms with Gasteiger partial charge in [0.15, 0.2) is 0 Å². The van der Waals surface area contributed by atoms with E-state index in [4.69, 9.17) is 4.74 Å². The number of carbonyl (C=O) groups excluding carboxylic acids is 1. The zero-order valence-corrected chi connectivity index (χ0v) is 12.9. The van der Waals surface area contributed by atoms with Crippen LogP contribution in [0.1, 0.15) is 18.5 Å². The summed E-state index contributed by atoms with van der Waals surface area (Å²) in [4.78, 5) is 16.3. The number of nitrogens with one attached hydrogen (secondary N) is 1. The van der Waals surface area contributed by atoms with Gasteiger partial charge in [0, 0.05) is 24.1 Å². The van der Waals surface area contributed by atoms with Crippen LogP contribution in [0.5, 0.6) is 0 Å². The van der Waals surface area contributed by atoms with Crippen LogP contribution in [0.3, 0.4) is 0 Å². The molecule has 1 amide bonds. The summed E-state index contributed by atoms with van der Waals surface area (Å²) in [6.07, 6.45) is 2.47. The first-order valence-electron chi connectivity index (χ1n) is 7.29. The van der Waals surface area contributed by atoms with E-state index in [1.807, 2.05) is 5.38 Å². The van der Waals surface area contributed by atoms with Crippen molar-refractivity contribution in [1.29, 1.82) is 0 Å². The number of amides is 1. The van der Waals surface area contributed by atoms with Gasteiger partial charge in [0.1, 0.15) is 10.8 Å². The lowest BCUT2D eigenvalue weighted by Gasteiger charge is -2.09. The van der Waals surface area contributed by atoms with Crippen molar-refractivity contribution in [1.82, 2.24) is 10.3 Å². The van der Waals surface area contributed by atoms with Gasteiger partial charge in [-0.25, -0.2) is 9.37 Å². The van der Waals surface area contributed by atoms with E-state index in [1.54, 1.807) is 12.1 Å². The van der Waals surface area contributed by atoms with Gasteiger partial charge in [0.2, 0.25) is 5.91 Å². The number of hydrogen-bond donors (Lipinski definition) is 1. The summed E-state index contributed by atoms with van der Waals surface area (Å²) < 4.78 is 18.4. The van der Waals surface area contributed by atoms with Crippen molar-refractivity contribution in [3.63, 3.8) is 0 Å². The number of halogens is 1. The first-order chi connectivity index (χ1) is 10.7. The normalized spacial score (nSPS) is 17.6. The smallest absolute Gasteiger partial charge is 0.226 e. The van der Waals surface area contributed by atoms with Crippen molar-refractivity contribution >= 4 is 17.2 Å². The fourth-order valence-electron chi connectivity index (χ4n) is 2.37. The van der Waals surface area contributed by atoms with Crippen molar-refractivity contribution in [3.8, 4) is 10.6 Å². The molecule has 2 aromatic rings. The quantitative estimate of drug-likeness (QED) is 0.921. The Kier molecular flexibility index (Phi) is 4.80. The maximum absolute atomic E-state index is 12.9. The predicted molar refractivity (Wildman–Crippen MR) is 83.2 cm³/mol. The van der Waals surface area contributed by atoms with Gasteiger partial charge in [-0.1, -0.05) is 0 Å². The van der Waals surface area contributed by atoms with Gasteiger partial charge in [-0.3, -0.25) is 4.79 Å². The van der Waals surface area contributed by atoms with Gasteiger partial charge in [-0.2, -0.15) is 0 Å². The highest BCUT2D eigenvalue weighted by atomic mass is 32.1. The molecule has 1 unspecified atom stereocenters. The van der Waals surface area contributed by atoms with E-state index in [0.29, 0.717) is 6.54 Å². The average molecular weight is 320 g/mol. The first kappa shape index (κ1) is 15.1. The van der Waals surface area contributed by atoms with Gasteiger partial charge >= 0.3 is 0 Å². The second kappa shape index (κ2) is 6.98. The number of aromatic nitrogens is 1. The summed E-state index contributed by atoms with van der Waals surface area (Å²) in [7, 11) is 0. The van der Waals surface area contributed by atoms with Gasteiger partial charge in [0.05, 0.1) is 18.2 Å². The standard InChI is InChI=1S/C16H17FN2O2S/c17-12-5-3-11(4-6-12)16-19-13(10-22-16)8-15(20)18-9-14-2-1-7-21-14/h3-6,10,14H,1-2,7-9H2,(H,18,20). The maximum atomic E-state index is 12.9. The molecule has 22 heavy (non-hydrogen) atoms. The van der Waals surface area contributed by atoms with Gasteiger partial charge < -0.3 is 10.1 Å². The van der Waals surface area contributed by atoms with Crippen LogP contribution in [0.4, 0.5) is 4.39 Å². The van der Waals surface area contributed by atoms with Crippen LogP contribution in [0.2, 0.25) is 0 Å². The molecule has 0 saturated carbocycles. The molecule has 0 spiro atoms. The van der Waals surface area contributed by atoms with E-state index in [9.17, 15) is 9.18 Å². The molecule has 1 N–H and O–H groups in total. The van der Waals surface area contributed by atoms with E-state index in [-0.39, 0.29) is 24.2 Å². The summed E-state index contributed by atoms with van der Waals surface area (Å²) in [5.41, 5.74) is 1.59. The molecule has 0 radical (unpaired) electrons. The molecule has 3 rings (SSSR count). The molecule has 2 heterocycles. The number of rotatable bonds is 5. The topological polar surface area (TPSA) is 51.2 Å². The van der Waals surface area contributed by atoms with Gasteiger partial charge in [-0.15, -0.1) is 11.3 Å². The van der Waals surface area contributed by atoms with Crippen LogP contribution in [0.15, 0.2) is 29.6 Å². The first-order valence-corrected chi connectivity index (χ1v) is 8.17. The van der Waals surface area contributed by atoms with Crippen molar-refractivity contribution < 1.29 is 13.9 Å². The molecule has 6 heteroatoms. The Morgan fingerprint density at radius 2 is 2.23 bits per heavy atom. The highest BCUT2D eigenvalue weighted by Gasteiger charge is 2.16. The Morgan fingerprint density at radius 3 is 2.95 bits per heavy atom. The summed E-state index contributed by atoms with van der Waals surface area (Å²) in [5, 5.41) is 5.54.